The van der Waals surface area contributed by atoms with Gasteiger partial charge in [0.15, 0.2) is 9.84 Å². The van der Waals surface area contributed by atoms with E-state index in [1.165, 1.54) is 11.9 Å². The van der Waals surface area contributed by atoms with E-state index < -0.39 is 15.4 Å². The number of ether oxygens (including phenoxy) is 2. The molecule has 39 heavy (non-hydrogen) atoms. The van der Waals surface area contributed by atoms with Gasteiger partial charge in [-0.25, -0.2) is 23.2 Å². The third-order valence-electron chi connectivity index (χ3n) is 7.89. The Kier molecular flexibility index (Phi) is 6.37. The highest BCUT2D eigenvalue weighted by Crippen LogP contribution is 2.42. The highest BCUT2D eigenvalue weighted by atomic mass is 32.2. The predicted octanol–water partition coefficient (Wildman–Crippen LogP) is 2.92. The first kappa shape index (κ1) is 26.1. The van der Waals surface area contributed by atoms with E-state index >= 15 is 0 Å². The molecule has 3 saturated heterocycles. The highest BCUT2D eigenvalue weighted by Gasteiger charge is 2.42. The second-order valence-electron chi connectivity index (χ2n) is 12.0. The summed E-state index contributed by atoms with van der Waals surface area (Å²) < 4.78 is 35.6. The molecule has 212 valence electrons. The van der Waals surface area contributed by atoms with Crippen LogP contribution in [0.3, 0.4) is 0 Å². The topological polar surface area (TPSA) is 117 Å². The molecule has 1 amide bonds. The Hall–Kier alpha value is -3.12. The predicted molar refractivity (Wildman–Crippen MR) is 150 cm³/mol. The molecule has 11 nitrogen and oxygen atoms in total. The number of carbonyl (C=O) groups is 1. The average molecular weight is 559 g/mol. The lowest BCUT2D eigenvalue weighted by Crippen LogP contribution is -2.66. The van der Waals surface area contributed by atoms with Crippen LogP contribution in [-0.4, -0.2) is 96.7 Å². The molecule has 1 N–H and O–H groups in total. The zero-order chi connectivity index (χ0) is 27.5. The molecule has 0 spiro atoms. The van der Waals surface area contributed by atoms with Crippen molar-refractivity contribution >= 4 is 33.3 Å². The Bertz CT molecular complexity index is 1390. The van der Waals surface area contributed by atoms with E-state index in [0.717, 1.165) is 41.5 Å². The van der Waals surface area contributed by atoms with Crippen molar-refractivity contribution in [3.05, 3.63) is 35.2 Å². The highest BCUT2D eigenvalue weighted by molar-refractivity contribution is 7.91. The third kappa shape index (κ3) is 5.23. The number of carbonyl (C=O) groups excluding carboxylic acids is 1. The van der Waals surface area contributed by atoms with Crippen LogP contribution in [0, 0.1) is 6.92 Å². The van der Waals surface area contributed by atoms with Crippen LogP contribution in [0.25, 0.3) is 0 Å². The van der Waals surface area contributed by atoms with Gasteiger partial charge in [0, 0.05) is 52.7 Å². The molecule has 12 heteroatoms. The number of rotatable bonds is 3. The molecule has 1 aromatic heterocycles. The van der Waals surface area contributed by atoms with E-state index in [2.05, 4.69) is 39.2 Å². The van der Waals surface area contributed by atoms with Gasteiger partial charge >= 0.3 is 6.09 Å². The normalized spacial score (nSPS) is 21.4. The van der Waals surface area contributed by atoms with Crippen molar-refractivity contribution < 1.29 is 24.1 Å². The number of sulfone groups is 1. The van der Waals surface area contributed by atoms with Crippen molar-refractivity contribution in [3.63, 3.8) is 0 Å². The molecule has 4 aliphatic heterocycles. The maximum Gasteiger partial charge on any atom is 0.410 e. The Balaban J connectivity index is 0.00000323. The van der Waals surface area contributed by atoms with Crippen molar-refractivity contribution in [2.45, 2.75) is 51.9 Å². The van der Waals surface area contributed by atoms with Gasteiger partial charge in [0.25, 0.3) is 0 Å². The number of aromatic nitrogens is 2. The fourth-order valence-corrected chi connectivity index (χ4v) is 6.82. The molecule has 4 aliphatic rings. The monoisotopic (exact) mass is 558 g/mol. The minimum absolute atomic E-state index is 0. The molecule has 1 aromatic carbocycles. The van der Waals surface area contributed by atoms with Crippen LogP contribution in [-0.2, 0) is 21.2 Å². The lowest BCUT2D eigenvalue weighted by Gasteiger charge is -2.51. The summed E-state index contributed by atoms with van der Waals surface area (Å²) in [6.45, 7) is 12.2. The quantitative estimate of drug-likeness (QED) is 0.603. The van der Waals surface area contributed by atoms with Crippen LogP contribution in [0.4, 0.5) is 22.1 Å². The number of amides is 1. The number of benzene rings is 1. The molecule has 0 aliphatic carbocycles. The van der Waals surface area contributed by atoms with Gasteiger partial charge in [-0.2, -0.15) is 0 Å². The van der Waals surface area contributed by atoms with Crippen LogP contribution in [0.2, 0.25) is 0 Å². The Labute approximate surface area is 230 Å². The minimum Gasteiger partial charge on any atom is -0.486 e. The first-order valence-corrected chi connectivity index (χ1v) is 15.3. The van der Waals surface area contributed by atoms with E-state index in [9.17, 15) is 13.2 Å². The number of hydrogen-bond acceptors (Lipinski definition) is 10. The fraction of sp³-hybridized carbons (Fsp3) is 0.593. The largest absolute Gasteiger partial charge is 0.486 e. The summed E-state index contributed by atoms with van der Waals surface area (Å²) in [5.74, 6) is 2.87. The van der Waals surface area contributed by atoms with Crippen LogP contribution in [0.15, 0.2) is 18.5 Å². The van der Waals surface area contributed by atoms with E-state index in [4.69, 9.17) is 9.47 Å². The average Bonchev–Trinajstić information content (AvgIpc) is 2.98. The number of nitrogens with zero attached hydrogens (tertiary/aromatic N) is 5. The molecule has 0 radical (unpaired) electrons. The molecule has 0 saturated carbocycles. The number of aryl methyl sites for hydroxylation is 1. The van der Waals surface area contributed by atoms with Gasteiger partial charge in [-0.1, -0.05) is 6.07 Å². The minimum atomic E-state index is -2.99. The van der Waals surface area contributed by atoms with Crippen molar-refractivity contribution in [1.29, 1.82) is 0 Å². The van der Waals surface area contributed by atoms with Crippen LogP contribution < -0.4 is 15.0 Å². The number of nitrogens with one attached hydrogen (secondary N) is 1. The number of likely N-dealkylation sites (tertiary alicyclic amines) is 2. The van der Waals surface area contributed by atoms with Crippen molar-refractivity contribution in [3.8, 4) is 5.75 Å². The van der Waals surface area contributed by atoms with Gasteiger partial charge in [0.1, 0.15) is 35.9 Å². The maximum atomic E-state index is 12.3. The summed E-state index contributed by atoms with van der Waals surface area (Å²) in [5, 5.41) is 3.48. The Morgan fingerprint density at radius 2 is 1.85 bits per heavy atom. The van der Waals surface area contributed by atoms with E-state index in [-0.39, 0.29) is 19.0 Å². The van der Waals surface area contributed by atoms with Crippen LogP contribution >= 0.6 is 0 Å². The SMILES string of the molecule is Cc1cc(C2CN(C3CN(C(=O)OC(C)(C)C)C3)C2)cc2c1OCc1c(ncnc1N1CCS(=O)(=O)CC1)N2.[HH]. The summed E-state index contributed by atoms with van der Waals surface area (Å²) in [6, 6.07) is 4.74. The number of fused-ring (bicyclic) bond motifs is 2. The smallest absolute Gasteiger partial charge is 0.410 e. The molecular weight excluding hydrogens is 520 g/mol. The molecule has 2 aromatic rings. The van der Waals surface area contributed by atoms with Crippen LogP contribution in [0.1, 0.15) is 44.8 Å². The summed E-state index contributed by atoms with van der Waals surface area (Å²) in [4.78, 5) is 27.5. The van der Waals surface area contributed by atoms with E-state index in [1.54, 1.807) is 4.90 Å². The first-order chi connectivity index (χ1) is 18.5. The standard InChI is InChI=1S/C27H36N6O5S.H2/c1-17-9-18(19-11-32(12-19)20-13-33(14-20)26(34)38-27(2,3)4)10-22-23(17)37-15-21-24(30-22)28-16-29-25(21)31-5-7-39(35,36)8-6-31;/h9-10,16,19-20H,5-8,11-15H2,1-4H3,(H,28,29,30);1H. The molecular formula is C27H38N6O5S. The lowest BCUT2D eigenvalue weighted by atomic mass is 9.87. The summed E-state index contributed by atoms with van der Waals surface area (Å²) in [7, 11) is -2.99. The summed E-state index contributed by atoms with van der Waals surface area (Å²) >= 11 is 0. The maximum absolute atomic E-state index is 12.3. The van der Waals surface area contributed by atoms with Gasteiger partial charge in [0.2, 0.25) is 0 Å². The van der Waals surface area contributed by atoms with Crippen LogP contribution in [0.5, 0.6) is 5.75 Å². The molecule has 6 rings (SSSR count). The van der Waals surface area contributed by atoms with Crippen molar-refractivity contribution in [2.24, 2.45) is 0 Å². The summed E-state index contributed by atoms with van der Waals surface area (Å²) in [6.07, 6.45) is 1.29. The van der Waals surface area contributed by atoms with Crippen molar-refractivity contribution in [1.82, 2.24) is 19.8 Å². The van der Waals surface area contributed by atoms with Gasteiger partial charge in [0.05, 0.1) is 22.8 Å². The van der Waals surface area contributed by atoms with Gasteiger partial charge in [-0.05, 0) is 44.9 Å². The van der Waals surface area contributed by atoms with Gasteiger partial charge in [-0.3, -0.25) is 4.90 Å². The van der Waals surface area contributed by atoms with Gasteiger partial charge in [-0.15, -0.1) is 0 Å². The zero-order valence-corrected chi connectivity index (χ0v) is 23.8. The fourth-order valence-electron chi connectivity index (χ4n) is 5.62. The zero-order valence-electron chi connectivity index (χ0n) is 22.9. The van der Waals surface area contributed by atoms with E-state index in [1.807, 2.05) is 25.7 Å². The number of hydrogen-bond donors (Lipinski definition) is 1. The van der Waals surface area contributed by atoms with E-state index in [0.29, 0.717) is 50.6 Å². The first-order valence-electron chi connectivity index (χ1n) is 13.5. The lowest BCUT2D eigenvalue weighted by molar-refractivity contribution is -0.0338. The second kappa shape index (κ2) is 9.51. The Morgan fingerprint density at radius 1 is 1.13 bits per heavy atom. The van der Waals surface area contributed by atoms with Gasteiger partial charge < -0.3 is 24.6 Å². The number of anilines is 3. The Morgan fingerprint density at radius 3 is 2.54 bits per heavy atom. The molecule has 3 fully saturated rings. The second-order valence-corrected chi connectivity index (χ2v) is 14.3. The third-order valence-corrected chi connectivity index (χ3v) is 9.50. The molecule has 5 heterocycles. The van der Waals surface area contributed by atoms with Crippen molar-refractivity contribution in [2.75, 3.05) is 61.0 Å². The molecule has 0 bridgehead atoms. The molecule has 0 unspecified atom stereocenters. The summed E-state index contributed by atoms with van der Waals surface area (Å²) in [5.41, 5.74) is 3.55. The molecule has 0 atom stereocenters.